The van der Waals surface area contributed by atoms with E-state index in [0.717, 1.165) is 18.5 Å². The van der Waals surface area contributed by atoms with Gasteiger partial charge in [0.25, 0.3) is 0 Å². The monoisotopic (exact) mass is 358 g/mol. The van der Waals surface area contributed by atoms with Gasteiger partial charge < -0.3 is 9.26 Å². The number of benzene rings is 1. The fourth-order valence-corrected chi connectivity index (χ4v) is 5.97. The van der Waals surface area contributed by atoms with Gasteiger partial charge in [0.15, 0.2) is 5.47 Å². The molecular formula is C12H17Cl2O2PS2. The number of ether oxygens (including phenoxy) is 1. The van der Waals surface area contributed by atoms with Crippen molar-refractivity contribution in [3.8, 4) is 5.75 Å². The second-order valence-corrected chi connectivity index (χ2v) is 12.2. The van der Waals surface area contributed by atoms with Crippen LogP contribution < -0.4 is 4.52 Å². The fourth-order valence-electron chi connectivity index (χ4n) is 1.26. The molecule has 0 saturated heterocycles. The van der Waals surface area contributed by atoms with E-state index in [0.29, 0.717) is 22.4 Å². The molecule has 0 radical (unpaired) electrons. The average Bonchev–Trinajstić information content (AvgIpc) is 2.38. The zero-order valence-electron chi connectivity index (χ0n) is 10.9. The first kappa shape index (κ1) is 17.6. The van der Waals surface area contributed by atoms with E-state index in [1.54, 1.807) is 29.6 Å². The second-order valence-electron chi connectivity index (χ2n) is 3.62. The van der Waals surface area contributed by atoms with Gasteiger partial charge >= 0.3 is 0 Å². The van der Waals surface area contributed by atoms with Gasteiger partial charge in [-0.15, -0.1) is 0 Å². The van der Waals surface area contributed by atoms with Crippen molar-refractivity contribution >= 4 is 51.9 Å². The Morgan fingerprint density at radius 1 is 1.32 bits per heavy atom. The molecule has 0 spiro atoms. The molecule has 0 aliphatic rings. The highest BCUT2D eigenvalue weighted by molar-refractivity contribution is 8.69. The summed E-state index contributed by atoms with van der Waals surface area (Å²) in [4.78, 5) is 0. The summed E-state index contributed by atoms with van der Waals surface area (Å²) in [5, 5.41) is 1.09. The van der Waals surface area contributed by atoms with E-state index >= 15 is 0 Å². The molecule has 0 saturated carbocycles. The summed E-state index contributed by atoms with van der Waals surface area (Å²) in [5.41, 5.74) is -1.96. The summed E-state index contributed by atoms with van der Waals surface area (Å²) in [6.45, 7) is 5.43. The first-order valence-electron chi connectivity index (χ1n) is 5.96. The molecule has 1 atom stereocenters. The maximum atomic E-state index is 6.10. The molecule has 2 nitrogen and oxygen atoms in total. The zero-order chi connectivity index (χ0) is 14.3. The molecule has 0 aliphatic heterocycles. The van der Waals surface area contributed by atoms with Crippen molar-refractivity contribution in [1.29, 1.82) is 0 Å². The van der Waals surface area contributed by atoms with Crippen molar-refractivity contribution in [3.63, 3.8) is 0 Å². The Labute approximate surface area is 134 Å². The first-order valence-corrected chi connectivity index (χ1v) is 11.2. The minimum absolute atomic E-state index is 0.501. The maximum Gasteiger partial charge on any atom is 0.167 e. The minimum atomic E-state index is -1.96. The van der Waals surface area contributed by atoms with Crippen LogP contribution in [0.5, 0.6) is 5.75 Å². The standard InChI is InChI=1S/C12H17Cl2O2PS2/c1-3-15-7-8-19-17(18,4-2)16-12-6-5-10(13)9-11(12)14/h5-6,9H,3-4,7-8H2,1-2H3. The Hall–Kier alpha value is 0.560. The molecule has 0 bridgehead atoms. The van der Waals surface area contributed by atoms with E-state index < -0.39 is 5.47 Å². The van der Waals surface area contributed by atoms with E-state index in [9.17, 15) is 0 Å². The van der Waals surface area contributed by atoms with Gasteiger partial charge in [0.05, 0.1) is 11.6 Å². The summed E-state index contributed by atoms with van der Waals surface area (Å²) < 4.78 is 11.3. The lowest BCUT2D eigenvalue weighted by atomic mass is 10.3. The molecule has 19 heavy (non-hydrogen) atoms. The van der Waals surface area contributed by atoms with Crippen LogP contribution in [0, 0.1) is 0 Å². The molecule has 0 aliphatic carbocycles. The van der Waals surface area contributed by atoms with Crippen LogP contribution in [-0.4, -0.2) is 25.1 Å². The van der Waals surface area contributed by atoms with Crippen molar-refractivity contribution in [1.82, 2.24) is 0 Å². The molecule has 1 aromatic rings. The summed E-state index contributed by atoms with van der Waals surface area (Å²) in [7, 11) is 0. The van der Waals surface area contributed by atoms with Crippen LogP contribution in [0.1, 0.15) is 13.8 Å². The maximum absolute atomic E-state index is 6.10. The lowest BCUT2D eigenvalue weighted by Crippen LogP contribution is -1.99. The summed E-state index contributed by atoms with van der Waals surface area (Å²) in [6, 6.07) is 5.19. The van der Waals surface area contributed by atoms with Crippen molar-refractivity contribution in [3.05, 3.63) is 28.2 Å². The molecule has 1 unspecified atom stereocenters. The van der Waals surface area contributed by atoms with Crippen LogP contribution >= 0.6 is 40.1 Å². The largest absolute Gasteiger partial charge is 0.455 e. The van der Waals surface area contributed by atoms with E-state index in [-0.39, 0.29) is 0 Å². The Morgan fingerprint density at radius 2 is 2.05 bits per heavy atom. The third-order valence-corrected chi connectivity index (χ3v) is 9.43. The third kappa shape index (κ3) is 6.24. The highest BCUT2D eigenvalue weighted by Crippen LogP contribution is 2.59. The molecule has 0 aromatic heterocycles. The average molecular weight is 359 g/mol. The predicted molar refractivity (Wildman–Crippen MR) is 90.9 cm³/mol. The van der Waals surface area contributed by atoms with Gasteiger partial charge in [-0.1, -0.05) is 41.5 Å². The number of rotatable bonds is 8. The van der Waals surface area contributed by atoms with Crippen molar-refractivity contribution in [2.75, 3.05) is 25.1 Å². The first-order chi connectivity index (χ1) is 9.00. The lowest BCUT2D eigenvalue weighted by Gasteiger charge is -2.21. The third-order valence-electron chi connectivity index (χ3n) is 2.24. The van der Waals surface area contributed by atoms with Crippen LogP contribution in [0.25, 0.3) is 0 Å². The van der Waals surface area contributed by atoms with Crippen LogP contribution in [-0.2, 0) is 16.5 Å². The van der Waals surface area contributed by atoms with Crippen molar-refractivity contribution in [2.24, 2.45) is 0 Å². The summed E-state index contributed by atoms with van der Waals surface area (Å²) in [5.74, 6) is 1.45. The predicted octanol–water partition coefficient (Wildman–Crippen LogP) is 5.47. The summed E-state index contributed by atoms with van der Waals surface area (Å²) >= 11 is 19.3. The number of halogens is 2. The molecular weight excluding hydrogens is 342 g/mol. The van der Waals surface area contributed by atoms with Crippen molar-refractivity contribution in [2.45, 2.75) is 13.8 Å². The van der Waals surface area contributed by atoms with E-state index in [1.807, 2.05) is 13.8 Å². The lowest BCUT2D eigenvalue weighted by molar-refractivity contribution is 0.164. The van der Waals surface area contributed by atoms with Gasteiger partial charge in [-0.3, -0.25) is 0 Å². The molecule has 1 rings (SSSR count). The number of hydrogen-bond donors (Lipinski definition) is 0. The molecule has 7 heteroatoms. The molecule has 0 fully saturated rings. The zero-order valence-corrected chi connectivity index (χ0v) is 14.9. The Kier molecular flexibility index (Phi) is 8.12. The van der Waals surface area contributed by atoms with Crippen LogP contribution in [0.3, 0.4) is 0 Å². The molecule has 108 valence electrons. The van der Waals surface area contributed by atoms with Crippen LogP contribution in [0.2, 0.25) is 10.0 Å². The van der Waals surface area contributed by atoms with Gasteiger partial charge in [0, 0.05) is 23.5 Å². The molecule has 0 N–H and O–H groups in total. The van der Waals surface area contributed by atoms with Crippen molar-refractivity contribution < 1.29 is 9.26 Å². The molecule has 0 heterocycles. The van der Waals surface area contributed by atoms with Gasteiger partial charge in [-0.05, 0) is 36.9 Å². The normalized spacial score (nSPS) is 14.1. The molecule has 0 amide bonds. The fraction of sp³-hybridized carbons (Fsp3) is 0.500. The Bertz CT molecular complexity index is 457. The highest BCUT2D eigenvalue weighted by Gasteiger charge is 2.19. The van der Waals surface area contributed by atoms with Gasteiger partial charge in [-0.2, -0.15) is 0 Å². The smallest absolute Gasteiger partial charge is 0.167 e. The van der Waals surface area contributed by atoms with E-state index in [4.69, 9.17) is 44.3 Å². The van der Waals surface area contributed by atoms with Gasteiger partial charge in [0.1, 0.15) is 5.75 Å². The molecule has 1 aromatic carbocycles. The Morgan fingerprint density at radius 3 is 2.63 bits per heavy atom. The van der Waals surface area contributed by atoms with Gasteiger partial charge in [-0.25, -0.2) is 0 Å². The van der Waals surface area contributed by atoms with Crippen LogP contribution in [0.4, 0.5) is 0 Å². The van der Waals surface area contributed by atoms with E-state index in [1.165, 1.54) is 0 Å². The quantitative estimate of drug-likeness (QED) is 0.452. The second kappa shape index (κ2) is 8.76. The highest BCUT2D eigenvalue weighted by atomic mass is 35.5. The topological polar surface area (TPSA) is 18.5 Å². The van der Waals surface area contributed by atoms with Gasteiger partial charge in [0.2, 0.25) is 0 Å². The SMILES string of the molecule is CCOCCSP(=S)(CC)Oc1ccc(Cl)cc1Cl. The van der Waals surface area contributed by atoms with E-state index in [2.05, 4.69) is 0 Å². The Balaban J connectivity index is 2.66. The van der Waals surface area contributed by atoms with Crippen LogP contribution in [0.15, 0.2) is 18.2 Å². The number of hydrogen-bond acceptors (Lipinski definition) is 4. The minimum Gasteiger partial charge on any atom is -0.455 e. The summed E-state index contributed by atoms with van der Waals surface area (Å²) in [6.07, 6.45) is 0.804.